The van der Waals surface area contributed by atoms with E-state index in [-0.39, 0.29) is 0 Å². The minimum atomic E-state index is 0.340. The Hall–Kier alpha value is -0.660. The molecule has 0 radical (unpaired) electrons. The molecule has 0 saturated heterocycles. The number of rotatable bonds is 10. The largest absolute Gasteiger partial charge is 0.300 e. The highest BCUT2D eigenvalue weighted by atomic mass is 16.1. The third-order valence-corrected chi connectivity index (χ3v) is 2.61. The van der Waals surface area contributed by atoms with E-state index >= 15 is 0 Å². The first-order valence-electron chi connectivity index (χ1n) is 6.24. The van der Waals surface area contributed by atoms with Gasteiger partial charge in [-0.15, -0.1) is 0 Å². The molecule has 15 heavy (non-hydrogen) atoms. The van der Waals surface area contributed by atoms with Gasteiger partial charge in [-0.3, -0.25) is 9.59 Å². The molecule has 0 unspecified atom stereocenters. The molecule has 0 aliphatic carbocycles. The Morgan fingerprint density at radius 3 is 1.80 bits per heavy atom. The third kappa shape index (κ3) is 9.64. The summed E-state index contributed by atoms with van der Waals surface area (Å²) >= 11 is 0. The minimum Gasteiger partial charge on any atom is -0.300 e. The Bertz CT molecular complexity index is 185. The van der Waals surface area contributed by atoms with Gasteiger partial charge in [-0.2, -0.15) is 0 Å². The van der Waals surface area contributed by atoms with Crippen LogP contribution in [0.15, 0.2) is 0 Å². The molecular weight excluding hydrogens is 188 g/mol. The quantitative estimate of drug-likeness (QED) is 0.518. The molecule has 2 heteroatoms. The number of ketones is 2. The normalized spacial score (nSPS) is 10.3. The lowest BCUT2D eigenvalue weighted by atomic mass is 10.0. The monoisotopic (exact) mass is 212 g/mol. The van der Waals surface area contributed by atoms with Crippen LogP contribution in [-0.4, -0.2) is 11.6 Å². The van der Waals surface area contributed by atoms with Crippen LogP contribution in [-0.2, 0) is 9.59 Å². The van der Waals surface area contributed by atoms with Gasteiger partial charge in [0.25, 0.3) is 0 Å². The molecule has 0 rings (SSSR count). The molecule has 0 atom stereocenters. The van der Waals surface area contributed by atoms with Gasteiger partial charge in [-0.25, -0.2) is 0 Å². The van der Waals surface area contributed by atoms with Gasteiger partial charge in [0.15, 0.2) is 0 Å². The summed E-state index contributed by atoms with van der Waals surface area (Å²) in [6, 6.07) is 0. The number of Topliss-reactive ketones (excluding diaryl/α,β-unsaturated/α-hetero) is 2. The van der Waals surface area contributed by atoms with E-state index in [9.17, 15) is 9.59 Å². The molecule has 0 heterocycles. The standard InChI is InChI=1S/C13H24O2/c1-3-5-9-13(15)11-8-6-7-10-12(14)4-2/h3-11H2,1-2H3. The second-order valence-corrected chi connectivity index (χ2v) is 4.10. The van der Waals surface area contributed by atoms with Crippen molar-refractivity contribution in [1.82, 2.24) is 0 Å². The van der Waals surface area contributed by atoms with Crippen LogP contribution >= 0.6 is 0 Å². The van der Waals surface area contributed by atoms with Crippen LogP contribution in [0.2, 0.25) is 0 Å². The molecule has 0 aliphatic rings. The molecule has 0 aliphatic heterocycles. The smallest absolute Gasteiger partial charge is 0.132 e. The minimum absolute atomic E-state index is 0.340. The Morgan fingerprint density at radius 2 is 1.27 bits per heavy atom. The van der Waals surface area contributed by atoms with Gasteiger partial charge in [-0.05, 0) is 19.3 Å². The van der Waals surface area contributed by atoms with Gasteiger partial charge in [0.1, 0.15) is 11.6 Å². The summed E-state index contributed by atoms with van der Waals surface area (Å²) in [5.41, 5.74) is 0. The summed E-state index contributed by atoms with van der Waals surface area (Å²) < 4.78 is 0. The van der Waals surface area contributed by atoms with E-state index in [1.165, 1.54) is 0 Å². The summed E-state index contributed by atoms with van der Waals surface area (Å²) in [7, 11) is 0. The van der Waals surface area contributed by atoms with Crippen molar-refractivity contribution >= 4 is 11.6 Å². The van der Waals surface area contributed by atoms with Crippen LogP contribution in [0.3, 0.4) is 0 Å². The van der Waals surface area contributed by atoms with E-state index in [1.807, 2.05) is 6.92 Å². The van der Waals surface area contributed by atoms with Gasteiger partial charge >= 0.3 is 0 Å². The fourth-order valence-corrected chi connectivity index (χ4v) is 1.50. The molecule has 0 N–H and O–H groups in total. The Kier molecular flexibility index (Phi) is 9.44. The lowest BCUT2D eigenvalue weighted by Crippen LogP contribution is -1.98. The highest BCUT2D eigenvalue weighted by molar-refractivity contribution is 5.78. The first-order chi connectivity index (χ1) is 7.20. The molecule has 0 amide bonds. The Labute approximate surface area is 93.4 Å². The average Bonchev–Trinajstić information content (AvgIpc) is 2.25. The zero-order valence-electron chi connectivity index (χ0n) is 10.2. The molecular formula is C13H24O2. The van der Waals surface area contributed by atoms with Gasteiger partial charge in [-0.1, -0.05) is 26.7 Å². The van der Waals surface area contributed by atoms with Crippen molar-refractivity contribution in [2.24, 2.45) is 0 Å². The zero-order chi connectivity index (χ0) is 11.5. The van der Waals surface area contributed by atoms with Crippen molar-refractivity contribution in [1.29, 1.82) is 0 Å². The Balaban J connectivity index is 3.23. The maximum Gasteiger partial charge on any atom is 0.132 e. The molecule has 0 fully saturated rings. The lowest BCUT2D eigenvalue weighted by Gasteiger charge is -2.00. The highest BCUT2D eigenvalue weighted by Gasteiger charge is 2.02. The van der Waals surface area contributed by atoms with Crippen molar-refractivity contribution in [3.05, 3.63) is 0 Å². The molecule has 0 bridgehead atoms. The van der Waals surface area contributed by atoms with Crippen LogP contribution < -0.4 is 0 Å². The Morgan fingerprint density at radius 1 is 0.733 bits per heavy atom. The maximum atomic E-state index is 11.3. The van der Waals surface area contributed by atoms with Crippen molar-refractivity contribution in [3.63, 3.8) is 0 Å². The van der Waals surface area contributed by atoms with Crippen LogP contribution in [0.25, 0.3) is 0 Å². The molecule has 0 aromatic rings. The summed E-state index contributed by atoms with van der Waals surface area (Å²) in [5, 5.41) is 0. The molecule has 0 spiro atoms. The number of unbranched alkanes of at least 4 members (excludes halogenated alkanes) is 3. The second kappa shape index (κ2) is 9.88. The van der Waals surface area contributed by atoms with Crippen LogP contribution in [0.4, 0.5) is 0 Å². The maximum absolute atomic E-state index is 11.3. The van der Waals surface area contributed by atoms with Crippen molar-refractivity contribution in [2.75, 3.05) is 0 Å². The number of carbonyl (C=O) groups excluding carboxylic acids is 2. The molecule has 2 nitrogen and oxygen atoms in total. The summed E-state index contributed by atoms with van der Waals surface area (Å²) in [6.45, 7) is 4.00. The fraction of sp³-hybridized carbons (Fsp3) is 0.846. The number of hydrogen-bond acceptors (Lipinski definition) is 2. The van der Waals surface area contributed by atoms with E-state index in [4.69, 9.17) is 0 Å². The highest BCUT2D eigenvalue weighted by Crippen LogP contribution is 2.07. The molecule has 88 valence electrons. The van der Waals surface area contributed by atoms with Crippen LogP contribution in [0.5, 0.6) is 0 Å². The molecule has 0 aromatic heterocycles. The number of hydrogen-bond donors (Lipinski definition) is 0. The predicted molar refractivity (Wildman–Crippen MR) is 62.9 cm³/mol. The third-order valence-electron chi connectivity index (χ3n) is 2.61. The average molecular weight is 212 g/mol. The van der Waals surface area contributed by atoms with E-state index in [2.05, 4.69) is 6.92 Å². The van der Waals surface area contributed by atoms with Crippen molar-refractivity contribution < 1.29 is 9.59 Å². The summed E-state index contributed by atoms with van der Waals surface area (Å²) in [5.74, 6) is 0.728. The number of carbonyl (C=O) groups is 2. The van der Waals surface area contributed by atoms with Gasteiger partial charge in [0.05, 0.1) is 0 Å². The van der Waals surface area contributed by atoms with Gasteiger partial charge < -0.3 is 0 Å². The van der Waals surface area contributed by atoms with E-state index in [1.54, 1.807) is 0 Å². The molecule has 0 aromatic carbocycles. The molecule has 0 saturated carbocycles. The first-order valence-corrected chi connectivity index (χ1v) is 6.24. The first kappa shape index (κ1) is 14.3. The van der Waals surface area contributed by atoms with Gasteiger partial charge in [0.2, 0.25) is 0 Å². The van der Waals surface area contributed by atoms with E-state index in [0.717, 1.165) is 38.5 Å². The predicted octanol–water partition coefficient (Wildman–Crippen LogP) is 3.68. The lowest BCUT2D eigenvalue weighted by molar-refractivity contribution is -0.119. The topological polar surface area (TPSA) is 34.1 Å². The summed E-state index contributed by atoms with van der Waals surface area (Å²) in [4.78, 5) is 22.3. The van der Waals surface area contributed by atoms with Crippen molar-refractivity contribution in [3.8, 4) is 0 Å². The zero-order valence-corrected chi connectivity index (χ0v) is 10.2. The van der Waals surface area contributed by atoms with Crippen molar-refractivity contribution in [2.45, 2.75) is 71.6 Å². The fourth-order valence-electron chi connectivity index (χ4n) is 1.50. The van der Waals surface area contributed by atoms with E-state index < -0.39 is 0 Å². The van der Waals surface area contributed by atoms with E-state index in [0.29, 0.717) is 30.8 Å². The second-order valence-electron chi connectivity index (χ2n) is 4.10. The van der Waals surface area contributed by atoms with Crippen LogP contribution in [0, 0.1) is 0 Å². The SMILES string of the molecule is CCCCC(=O)CCCCCC(=O)CC. The summed E-state index contributed by atoms with van der Waals surface area (Å²) in [6.07, 6.45) is 7.83. The van der Waals surface area contributed by atoms with Crippen LogP contribution in [0.1, 0.15) is 71.6 Å². The van der Waals surface area contributed by atoms with Gasteiger partial charge in [0, 0.05) is 25.7 Å².